The molecular formula is C18H14FNO. The molecule has 21 heavy (non-hydrogen) atoms. The van der Waals surface area contributed by atoms with Crippen molar-refractivity contribution in [3.8, 4) is 5.75 Å². The maximum absolute atomic E-state index is 13.0. The highest BCUT2D eigenvalue weighted by molar-refractivity contribution is 5.89. The van der Waals surface area contributed by atoms with Gasteiger partial charge in [-0.25, -0.2) is 4.39 Å². The number of hydrogen-bond donors (Lipinski definition) is 0. The molecule has 1 aliphatic rings. The first-order valence-electron chi connectivity index (χ1n) is 6.95. The van der Waals surface area contributed by atoms with Crippen LogP contribution in [-0.2, 0) is 6.54 Å². The Bertz CT molecular complexity index is 798. The Hall–Kier alpha value is -2.55. The maximum Gasteiger partial charge on any atom is 0.161 e. The molecule has 1 aliphatic heterocycles. The predicted octanol–water partition coefficient (Wildman–Crippen LogP) is 4.34. The molecule has 104 valence electrons. The first-order chi connectivity index (χ1) is 10.3. The highest BCUT2D eigenvalue weighted by Gasteiger charge is 2.19. The summed E-state index contributed by atoms with van der Waals surface area (Å²) in [5.41, 5.74) is 2.12. The summed E-state index contributed by atoms with van der Waals surface area (Å²) in [7, 11) is 0. The first kappa shape index (κ1) is 12.2. The van der Waals surface area contributed by atoms with Crippen molar-refractivity contribution in [2.24, 2.45) is 0 Å². The first-order valence-corrected chi connectivity index (χ1v) is 6.95. The van der Waals surface area contributed by atoms with E-state index in [0.717, 1.165) is 28.9 Å². The van der Waals surface area contributed by atoms with E-state index in [2.05, 4.69) is 29.2 Å². The van der Waals surface area contributed by atoms with Gasteiger partial charge in [0.05, 0.1) is 0 Å². The second-order valence-corrected chi connectivity index (χ2v) is 5.22. The van der Waals surface area contributed by atoms with E-state index in [1.54, 1.807) is 12.1 Å². The molecule has 3 aromatic rings. The molecule has 0 spiro atoms. The number of benzene rings is 3. The zero-order valence-electron chi connectivity index (χ0n) is 11.4. The van der Waals surface area contributed by atoms with Crippen molar-refractivity contribution in [2.75, 3.05) is 11.6 Å². The Balaban J connectivity index is 1.72. The standard InChI is InChI=1S/C18H14FNO/c19-15-7-9-16(10-8-15)20-11-14-6-5-13-3-1-2-4-17(13)18(14)21-12-20/h1-10H,11-12H2. The normalized spacial score (nSPS) is 13.9. The Morgan fingerprint density at radius 1 is 0.905 bits per heavy atom. The van der Waals surface area contributed by atoms with E-state index in [9.17, 15) is 4.39 Å². The SMILES string of the molecule is Fc1ccc(N2COc3c(ccc4ccccc34)C2)cc1. The third-order valence-corrected chi connectivity index (χ3v) is 3.88. The minimum absolute atomic E-state index is 0.219. The number of anilines is 1. The number of halogens is 1. The molecule has 0 unspecified atom stereocenters. The number of ether oxygens (including phenoxy) is 1. The van der Waals surface area contributed by atoms with Crippen molar-refractivity contribution in [3.05, 3.63) is 72.0 Å². The lowest BCUT2D eigenvalue weighted by Gasteiger charge is -2.31. The molecule has 4 rings (SSSR count). The average molecular weight is 279 g/mol. The summed E-state index contributed by atoms with van der Waals surface area (Å²) < 4.78 is 19.0. The molecule has 3 heteroatoms. The summed E-state index contributed by atoms with van der Waals surface area (Å²) in [4.78, 5) is 2.09. The van der Waals surface area contributed by atoms with Crippen LogP contribution in [0.25, 0.3) is 10.8 Å². The van der Waals surface area contributed by atoms with Crippen LogP contribution in [0, 0.1) is 5.82 Å². The summed E-state index contributed by atoms with van der Waals surface area (Å²) in [6.45, 7) is 1.25. The van der Waals surface area contributed by atoms with Crippen LogP contribution in [-0.4, -0.2) is 6.73 Å². The van der Waals surface area contributed by atoms with Gasteiger partial charge >= 0.3 is 0 Å². The number of fused-ring (bicyclic) bond motifs is 3. The molecule has 0 fully saturated rings. The van der Waals surface area contributed by atoms with E-state index < -0.39 is 0 Å². The minimum Gasteiger partial charge on any atom is -0.472 e. The van der Waals surface area contributed by atoms with Crippen LogP contribution in [0.1, 0.15) is 5.56 Å². The van der Waals surface area contributed by atoms with Gasteiger partial charge in [-0.05, 0) is 29.7 Å². The quantitative estimate of drug-likeness (QED) is 0.657. The average Bonchev–Trinajstić information content (AvgIpc) is 2.55. The van der Waals surface area contributed by atoms with Crippen molar-refractivity contribution in [3.63, 3.8) is 0 Å². The maximum atomic E-state index is 13.0. The van der Waals surface area contributed by atoms with Gasteiger partial charge in [0.25, 0.3) is 0 Å². The van der Waals surface area contributed by atoms with Gasteiger partial charge in [0.2, 0.25) is 0 Å². The van der Waals surface area contributed by atoms with Gasteiger partial charge < -0.3 is 9.64 Å². The molecule has 0 saturated heterocycles. The van der Waals surface area contributed by atoms with Crippen molar-refractivity contribution in [1.29, 1.82) is 0 Å². The van der Waals surface area contributed by atoms with Gasteiger partial charge in [-0.15, -0.1) is 0 Å². The van der Waals surface area contributed by atoms with Crippen LogP contribution < -0.4 is 9.64 Å². The smallest absolute Gasteiger partial charge is 0.161 e. The summed E-state index contributed by atoms with van der Waals surface area (Å²) in [6, 6.07) is 19.0. The van der Waals surface area contributed by atoms with Crippen LogP contribution >= 0.6 is 0 Å². The van der Waals surface area contributed by atoms with Crippen molar-refractivity contribution < 1.29 is 9.13 Å². The molecule has 0 saturated carbocycles. The number of nitrogens with zero attached hydrogens (tertiary/aromatic N) is 1. The minimum atomic E-state index is -0.219. The zero-order valence-corrected chi connectivity index (χ0v) is 11.4. The van der Waals surface area contributed by atoms with Crippen LogP contribution in [0.3, 0.4) is 0 Å². The van der Waals surface area contributed by atoms with Gasteiger partial charge in [-0.3, -0.25) is 0 Å². The van der Waals surface area contributed by atoms with Crippen molar-refractivity contribution >= 4 is 16.5 Å². The van der Waals surface area contributed by atoms with Gasteiger partial charge in [-0.1, -0.05) is 36.4 Å². The molecule has 0 bridgehead atoms. The lowest BCUT2D eigenvalue weighted by atomic mass is 10.0. The van der Waals surface area contributed by atoms with E-state index in [1.807, 2.05) is 12.1 Å². The van der Waals surface area contributed by atoms with Gasteiger partial charge in [0.15, 0.2) is 6.73 Å². The van der Waals surface area contributed by atoms with Crippen molar-refractivity contribution in [2.45, 2.75) is 6.54 Å². The molecule has 0 radical (unpaired) electrons. The predicted molar refractivity (Wildman–Crippen MR) is 82.0 cm³/mol. The Morgan fingerprint density at radius 2 is 1.71 bits per heavy atom. The second-order valence-electron chi connectivity index (χ2n) is 5.22. The number of rotatable bonds is 1. The Kier molecular flexibility index (Phi) is 2.78. The zero-order chi connectivity index (χ0) is 14.2. The monoisotopic (exact) mass is 279 g/mol. The van der Waals surface area contributed by atoms with Crippen LogP contribution in [0.5, 0.6) is 5.75 Å². The molecule has 0 amide bonds. The fraction of sp³-hybridized carbons (Fsp3) is 0.111. The topological polar surface area (TPSA) is 12.5 Å². The summed E-state index contributed by atoms with van der Waals surface area (Å²) in [6.07, 6.45) is 0. The highest BCUT2D eigenvalue weighted by atomic mass is 19.1. The Morgan fingerprint density at radius 3 is 2.57 bits per heavy atom. The molecule has 0 N–H and O–H groups in total. The summed E-state index contributed by atoms with van der Waals surface area (Å²) in [5, 5.41) is 2.33. The van der Waals surface area contributed by atoms with Crippen molar-refractivity contribution in [1.82, 2.24) is 0 Å². The second kappa shape index (κ2) is 4.77. The molecule has 3 aromatic carbocycles. The third-order valence-electron chi connectivity index (χ3n) is 3.88. The van der Waals surface area contributed by atoms with E-state index in [-0.39, 0.29) is 5.82 Å². The van der Waals surface area contributed by atoms with Crippen LogP contribution in [0.15, 0.2) is 60.7 Å². The van der Waals surface area contributed by atoms with Gasteiger partial charge in [0.1, 0.15) is 11.6 Å². The molecule has 2 nitrogen and oxygen atoms in total. The van der Waals surface area contributed by atoms with Crippen LogP contribution in [0.4, 0.5) is 10.1 Å². The highest BCUT2D eigenvalue weighted by Crippen LogP contribution is 2.34. The van der Waals surface area contributed by atoms with Gasteiger partial charge in [-0.2, -0.15) is 0 Å². The fourth-order valence-corrected chi connectivity index (χ4v) is 2.79. The van der Waals surface area contributed by atoms with E-state index >= 15 is 0 Å². The fourth-order valence-electron chi connectivity index (χ4n) is 2.79. The Labute approximate surface area is 122 Å². The van der Waals surface area contributed by atoms with Crippen LogP contribution in [0.2, 0.25) is 0 Å². The van der Waals surface area contributed by atoms with E-state index in [1.165, 1.54) is 17.5 Å². The van der Waals surface area contributed by atoms with Gasteiger partial charge in [0, 0.05) is 23.2 Å². The van der Waals surface area contributed by atoms with E-state index in [0.29, 0.717) is 6.73 Å². The molecule has 0 atom stereocenters. The lowest BCUT2D eigenvalue weighted by molar-refractivity contribution is 0.293. The lowest BCUT2D eigenvalue weighted by Crippen LogP contribution is -2.31. The summed E-state index contributed by atoms with van der Waals surface area (Å²) >= 11 is 0. The molecule has 1 heterocycles. The molecule has 0 aliphatic carbocycles. The molecular weight excluding hydrogens is 265 g/mol. The largest absolute Gasteiger partial charge is 0.472 e. The third kappa shape index (κ3) is 2.11. The number of hydrogen-bond acceptors (Lipinski definition) is 2. The summed E-state index contributed by atoms with van der Waals surface area (Å²) in [5.74, 6) is 0.745. The van der Waals surface area contributed by atoms with E-state index in [4.69, 9.17) is 4.74 Å². The molecule has 0 aromatic heterocycles.